The highest BCUT2D eigenvalue weighted by Crippen LogP contribution is 2.46. The maximum Gasteiger partial charge on any atom is 0.259 e. The van der Waals surface area contributed by atoms with E-state index in [-0.39, 0.29) is 31.4 Å². The number of thiophene rings is 1. The zero-order valence-corrected chi connectivity index (χ0v) is 36.1. The van der Waals surface area contributed by atoms with Crippen LogP contribution in [0, 0.1) is 11.7 Å². The Kier molecular flexibility index (Phi) is 11.4. The Bertz CT molecular complexity index is 2670. The first-order valence-electron chi connectivity index (χ1n) is 21.4. The van der Waals surface area contributed by atoms with Gasteiger partial charge in [0.1, 0.15) is 40.0 Å². The van der Waals surface area contributed by atoms with E-state index in [4.69, 9.17) is 19.4 Å². The monoisotopic (exact) mass is 880 g/mol. The summed E-state index contributed by atoms with van der Waals surface area (Å²) in [5.41, 5.74) is 0.359. The van der Waals surface area contributed by atoms with Crippen LogP contribution < -0.4 is 24.8 Å². The number of carbonyl (C=O) groups is 3. The summed E-state index contributed by atoms with van der Waals surface area (Å²) < 4.78 is 57.0. The van der Waals surface area contributed by atoms with Gasteiger partial charge < -0.3 is 25.0 Å². The number of nitrogens with one attached hydrogen (secondary N) is 3. The number of anilines is 1. The van der Waals surface area contributed by atoms with Gasteiger partial charge >= 0.3 is 0 Å². The first-order chi connectivity index (χ1) is 29.9. The SMILES string of the molecule is CC(C)Oc1ccc(-c2nc(O[C@@H]3C[C@H]4C(=O)N[C@]5(C(=O)NS(=O)(=O)C6CC6)C[C@H]5/C=C\CCCCC[C@H](Nc5cccc(F)c5)C(=O)N4C3)c3sc4ccccc4c3n2)cc1. The molecule has 4 heterocycles. The predicted octanol–water partition coefficient (Wildman–Crippen LogP) is 7.27. The van der Waals surface area contributed by atoms with Crippen molar-refractivity contribution in [2.45, 2.75) is 107 Å². The van der Waals surface area contributed by atoms with Gasteiger partial charge in [0.2, 0.25) is 27.7 Å². The lowest BCUT2D eigenvalue weighted by molar-refractivity contribution is -0.140. The molecule has 13 nitrogen and oxygen atoms in total. The van der Waals surface area contributed by atoms with Gasteiger partial charge in [0.05, 0.1) is 23.4 Å². The molecule has 4 aliphatic rings. The van der Waals surface area contributed by atoms with Crippen LogP contribution in [-0.4, -0.2) is 82.6 Å². The summed E-state index contributed by atoms with van der Waals surface area (Å²) in [4.78, 5) is 54.9. The van der Waals surface area contributed by atoms with E-state index in [9.17, 15) is 27.2 Å². The number of carbonyl (C=O) groups excluding carboxylic acids is 3. The molecular formula is C46H49FN6O7S2. The van der Waals surface area contributed by atoms with Crippen LogP contribution in [0.2, 0.25) is 0 Å². The number of hydrogen-bond donors (Lipinski definition) is 3. The summed E-state index contributed by atoms with van der Waals surface area (Å²) in [6.07, 6.45) is 7.77. The molecule has 5 atom stereocenters. The Morgan fingerprint density at radius 2 is 1.81 bits per heavy atom. The number of aromatic nitrogens is 2. The molecule has 0 bridgehead atoms. The Morgan fingerprint density at radius 1 is 1.00 bits per heavy atom. The molecule has 1 saturated heterocycles. The smallest absolute Gasteiger partial charge is 0.259 e. The van der Waals surface area contributed by atoms with Gasteiger partial charge in [0.25, 0.3) is 5.91 Å². The Hall–Kier alpha value is -5.61. The highest BCUT2D eigenvalue weighted by molar-refractivity contribution is 7.91. The van der Waals surface area contributed by atoms with Crippen LogP contribution in [0.15, 0.2) is 84.9 Å². The van der Waals surface area contributed by atoms with Crippen molar-refractivity contribution < 1.29 is 36.7 Å². The molecule has 5 aromatic rings. The fourth-order valence-corrected chi connectivity index (χ4v) is 11.0. The standard InChI is InChI=1S/C46H49FN6O7S2/c1-27(2)59-32-19-17-28(18-20-32)41-49-39-35-14-8-9-16-38(35)61-40(39)43(50-41)60-33-24-37-42(54)51-46(45(56)52-62(57,58)34-21-22-34)25-29(46)11-6-4-3-5-7-15-36(44(55)53(37)26-33)48-31-13-10-12-30(47)23-31/h6,8-14,16-20,23,27,29,33-34,36-37,48H,3-5,7,15,21-22,24-26H2,1-2H3,(H,51,54)(H,52,56)/b11-6-/t29-,33-,36+,37+,46-/m1/s1. The highest BCUT2D eigenvalue weighted by atomic mass is 32.2. The van der Waals surface area contributed by atoms with Crippen molar-refractivity contribution in [3.8, 4) is 23.0 Å². The molecule has 3 amide bonds. The Balaban J connectivity index is 1.07. The number of rotatable bonds is 10. The Morgan fingerprint density at radius 3 is 2.58 bits per heavy atom. The summed E-state index contributed by atoms with van der Waals surface area (Å²) in [6, 6.07) is 19.4. The number of sulfonamides is 1. The van der Waals surface area contributed by atoms with Gasteiger partial charge in [0, 0.05) is 33.7 Å². The first-order valence-corrected chi connectivity index (χ1v) is 23.7. The average molecular weight is 881 g/mol. The predicted molar refractivity (Wildman–Crippen MR) is 236 cm³/mol. The van der Waals surface area contributed by atoms with E-state index >= 15 is 0 Å². The zero-order valence-electron chi connectivity index (χ0n) is 34.5. The minimum absolute atomic E-state index is 0.00122. The van der Waals surface area contributed by atoms with Crippen molar-refractivity contribution in [3.63, 3.8) is 0 Å². The maximum absolute atomic E-state index is 14.9. The van der Waals surface area contributed by atoms with Crippen molar-refractivity contribution in [1.82, 2.24) is 24.9 Å². The fraction of sp³-hybridized carbons (Fsp3) is 0.413. The summed E-state index contributed by atoms with van der Waals surface area (Å²) in [5.74, 6) is -1.21. The highest BCUT2D eigenvalue weighted by Gasteiger charge is 2.62. The molecule has 2 aliphatic heterocycles. The summed E-state index contributed by atoms with van der Waals surface area (Å²) in [5, 5.41) is 6.48. The van der Waals surface area contributed by atoms with E-state index in [1.807, 2.05) is 74.5 Å². The minimum Gasteiger partial charge on any atom is -0.491 e. The molecule has 324 valence electrons. The molecule has 2 aliphatic carbocycles. The molecule has 3 N–H and O–H groups in total. The van der Waals surface area contributed by atoms with Gasteiger partial charge in [0.15, 0.2) is 5.82 Å². The number of fused-ring (bicyclic) bond motifs is 5. The van der Waals surface area contributed by atoms with Crippen LogP contribution in [0.5, 0.6) is 11.6 Å². The molecule has 2 saturated carbocycles. The lowest BCUT2D eigenvalue weighted by atomic mass is 10.0. The summed E-state index contributed by atoms with van der Waals surface area (Å²) in [6.45, 7) is 3.92. The van der Waals surface area contributed by atoms with Gasteiger partial charge in [-0.25, -0.2) is 17.8 Å². The van der Waals surface area contributed by atoms with Crippen LogP contribution in [-0.2, 0) is 24.4 Å². The number of allylic oxidation sites excluding steroid dienone is 1. The van der Waals surface area contributed by atoms with Gasteiger partial charge in [-0.05, 0) is 101 Å². The van der Waals surface area contributed by atoms with Gasteiger partial charge in [-0.3, -0.25) is 19.1 Å². The van der Waals surface area contributed by atoms with Gasteiger partial charge in [-0.2, -0.15) is 4.98 Å². The van der Waals surface area contributed by atoms with E-state index in [0.29, 0.717) is 65.5 Å². The van der Waals surface area contributed by atoms with Crippen LogP contribution >= 0.6 is 11.3 Å². The second-order valence-electron chi connectivity index (χ2n) is 17.0. The second kappa shape index (κ2) is 16.9. The van der Waals surface area contributed by atoms with Crippen LogP contribution in [0.1, 0.15) is 71.6 Å². The quantitative estimate of drug-likeness (QED) is 0.121. The van der Waals surface area contributed by atoms with E-state index in [1.165, 1.54) is 28.4 Å². The van der Waals surface area contributed by atoms with E-state index < -0.39 is 62.5 Å². The van der Waals surface area contributed by atoms with E-state index in [2.05, 4.69) is 15.4 Å². The van der Waals surface area contributed by atoms with Gasteiger partial charge in [-0.1, -0.05) is 49.3 Å². The summed E-state index contributed by atoms with van der Waals surface area (Å²) in [7, 11) is -3.91. The number of nitrogens with zero attached hydrogens (tertiary/aromatic N) is 3. The van der Waals surface area contributed by atoms with Crippen molar-refractivity contribution in [1.29, 1.82) is 0 Å². The molecule has 0 spiro atoms. The number of ether oxygens (including phenoxy) is 2. The fourth-order valence-electron chi connectivity index (χ4n) is 8.51. The van der Waals surface area contributed by atoms with Crippen LogP contribution in [0.4, 0.5) is 10.1 Å². The molecule has 0 radical (unpaired) electrons. The lowest BCUT2D eigenvalue weighted by Gasteiger charge is -2.30. The molecule has 16 heteroatoms. The van der Waals surface area contributed by atoms with Crippen molar-refractivity contribution in [3.05, 3.63) is 90.8 Å². The Labute approximate surface area is 363 Å². The second-order valence-corrected chi connectivity index (χ2v) is 20.0. The third-order valence-corrected chi connectivity index (χ3v) is 14.9. The van der Waals surface area contributed by atoms with E-state index in [1.54, 1.807) is 12.1 Å². The van der Waals surface area contributed by atoms with E-state index in [0.717, 1.165) is 28.5 Å². The number of amides is 3. The third kappa shape index (κ3) is 8.71. The van der Waals surface area contributed by atoms with Crippen LogP contribution in [0.25, 0.3) is 31.7 Å². The largest absolute Gasteiger partial charge is 0.491 e. The zero-order chi connectivity index (χ0) is 43.2. The molecule has 0 unspecified atom stereocenters. The number of halogens is 1. The molecule has 2 aromatic heterocycles. The molecule has 3 fully saturated rings. The normalized spacial score (nSPS) is 25.0. The topological polar surface area (TPSA) is 169 Å². The van der Waals surface area contributed by atoms with Crippen molar-refractivity contribution in [2.24, 2.45) is 5.92 Å². The number of benzene rings is 3. The minimum atomic E-state index is -3.91. The summed E-state index contributed by atoms with van der Waals surface area (Å²) >= 11 is 1.49. The number of hydrogen-bond acceptors (Lipinski definition) is 11. The molecule has 62 heavy (non-hydrogen) atoms. The van der Waals surface area contributed by atoms with Gasteiger partial charge in [-0.15, -0.1) is 11.3 Å². The molecule has 9 rings (SSSR count). The molecular weight excluding hydrogens is 832 g/mol. The van der Waals surface area contributed by atoms with Crippen molar-refractivity contribution in [2.75, 3.05) is 11.9 Å². The third-order valence-electron chi connectivity index (χ3n) is 12.0. The van der Waals surface area contributed by atoms with Crippen molar-refractivity contribution >= 4 is 65.1 Å². The lowest BCUT2D eigenvalue weighted by Crippen LogP contribution is -2.57. The average Bonchev–Trinajstić information content (AvgIpc) is 4.14. The first kappa shape index (κ1) is 41.7. The maximum atomic E-state index is 14.9. The molecule has 3 aromatic carbocycles. The van der Waals surface area contributed by atoms with Crippen LogP contribution in [0.3, 0.4) is 0 Å².